The highest BCUT2D eigenvalue weighted by molar-refractivity contribution is 6.30. The highest BCUT2D eigenvalue weighted by Crippen LogP contribution is 2.20. The fraction of sp³-hybridized carbons (Fsp3) is 0.500. The highest BCUT2D eigenvalue weighted by atomic mass is 35.5. The van der Waals surface area contributed by atoms with Gasteiger partial charge in [-0.05, 0) is 37.1 Å². The van der Waals surface area contributed by atoms with Gasteiger partial charge in [0.25, 0.3) is 0 Å². The molecule has 0 radical (unpaired) electrons. The first-order chi connectivity index (χ1) is 7.29. The van der Waals surface area contributed by atoms with E-state index in [1.807, 2.05) is 18.2 Å². The zero-order valence-corrected chi connectivity index (χ0v) is 10.8. The molecule has 1 aromatic carbocycles. The second-order valence-electron chi connectivity index (χ2n) is 4.13. The molecule has 1 aliphatic heterocycles. The Kier molecular flexibility index (Phi) is 5.56. The van der Waals surface area contributed by atoms with Crippen LogP contribution in [-0.2, 0) is 6.54 Å². The summed E-state index contributed by atoms with van der Waals surface area (Å²) in [5.41, 5.74) is 7.02. The largest absolute Gasteiger partial charge is 0.329 e. The summed E-state index contributed by atoms with van der Waals surface area (Å²) in [5.74, 6) is 0. The third kappa shape index (κ3) is 3.36. The van der Waals surface area contributed by atoms with Crippen LogP contribution < -0.4 is 5.73 Å². The van der Waals surface area contributed by atoms with Gasteiger partial charge < -0.3 is 5.73 Å². The predicted molar refractivity (Wildman–Crippen MR) is 71.2 cm³/mol. The monoisotopic (exact) mass is 260 g/mol. The SMILES string of the molecule is Cl.NCC1CCCN1Cc1cccc(Cl)c1. The molecule has 1 unspecified atom stereocenters. The Balaban J connectivity index is 0.00000128. The Labute approximate surface area is 108 Å². The molecule has 0 amide bonds. The van der Waals surface area contributed by atoms with Crippen molar-refractivity contribution in [3.63, 3.8) is 0 Å². The summed E-state index contributed by atoms with van der Waals surface area (Å²) in [4.78, 5) is 2.45. The van der Waals surface area contributed by atoms with Crippen molar-refractivity contribution in [3.8, 4) is 0 Å². The van der Waals surface area contributed by atoms with E-state index in [4.69, 9.17) is 17.3 Å². The second-order valence-corrected chi connectivity index (χ2v) is 4.57. The molecule has 1 atom stereocenters. The van der Waals surface area contributed by atoms with E-state index >= 15 is 0 Å². The Bertz CT molecular complexity index is 331. The molecular formula is C12H18Cl2N2. The summed E-state index contributed by atoms with van der Waals surface area (Å²) >= 11 is 5.96. The Morgan fingerprint density at radius 2 is 2.25 bits per heavy atom. The summed E-state index contributed by atoms with van der Waals surface area (Å²) in [6.45, 7) is 2.90. The van der Waals surface area contributed by atoms with Crippen LogP contribution in [-0.4, -0.2) is 24.0 Å². The molecule has 90 valence electrons. The van der Waals surface area contributed by atoms with Gasteiger partial charge in [-0.2, -0.15) is 0 Å². The summed E-state index contributed by atoms with van der Waals surface area (Å²) in [5, 5.41) is 0.816. The molecule has 1 fully saturated rings. The first-order valence-corrected chi connectivity index (χ1v) is 5.86. The first-order valence-electron chi connectivity index (χ1n) is 5.48. The van der Waals surface area contributed by atoms with Crippen molar-refractivity contribution in [3.05, 3.63) is 34.9 Å². The molecule has 2 nitrogen and oxygen atoms in total. The minimum Gasteiger partial charge on any atom is -0.329 e. The zero-order chi connectivity index (χ0) is 10.7. The minimum absolute atomic E-state index is 0. The number of likely N-dealkylation sites (tertiary alicyclic amines) is 1. The molecule has 2 N–H and O–H groups in total. The van der Waals surface area contributed by atoms with Crippen LogP contribution in [0.1, 0.15) is 18.4 Å². The molecule has 0 aromatic heterocycles. The molecule has 0 aliphatic carbocycles. The van der Waals surface area contributed by atoms with Gasteiger partial charge in [0.2, 0.25) is 0 Å². The van der Waals surface area contributed by atoms with Crippen molar-refractivity contribution in [1.29, 1.82) is 0 Å². The summed E-state index contributed by atoms with van der Waals surface area (Å²) in [6.07, 6.45) is 2.50. The maximum absolute atomic E-state index is 5.96. The van der Waals surface area contributed by atoms with Gasteiger partial charge in [-0.1, -0.05) is 23.7 Å². The molecule has 4 heteroatoms. The van der Waals surface area contributed by atoms with E-state index in [0.717, 1.165) is 24.7 Å². The van der Waals surface area contributed by atoms with Crippen molar-refractivity contribution >= 4 is 24.0 Å². The van der Waals surface area contributed by atoms with Gasteiger partial charge in [-0.3, -0.25) is 4.90 Å². The average Bonchev–Trinajstić information content (AvgIpc) is 2.65. The number of hydrogen-bond donors (Lipinski definition) is 1. The van der Waals surface area contributed by atoms with Crippen LogP contribution in [0.4, 0.5) is 0 Å². The van der Waals surface area contributed by atoms with Crippen molar-refractivity contribution < 1.29 is 0 Å². The number of halogens is 2. The number of nitrogens with zero attached hydrogens (tertiary/aromatic N) is 1. The maximum Gasteiger partial charge on any atom is 0.0409 e. The van der Waals surface area contributed by atoms with Crippen LogP contribution in [0, 0.1) is 0 Å². The van der Waals surface area contributed by atoms with E-state index in [2.05, 4.69) is 11.0 Å². The standard InChI is InChI=1S/C12H17ClN2.ClH/c13-11-4-1-3-10(7-11)9-15-6-2-5-12(15)8-14;/h1,3-4,7,12H,2,5-6,8-9,14H2;1H. The molecule has 0 spiro atoms. The van der Waals surface area contributed by atoms with Crippen molar-refractivity contribution in [2.75, 3.05) is 13.1 Å². The number of benzene rings is 1. The minimum atomic E-state index is 0. The lowest BCUT2D eigenvalue weighted by molar-refractivity contribution is 0.250. The van der Waals surface area contributed by atoms with Crippen LogP contribution in [0.2, 0.25) is 5.02 Å². The van der Waals surface area contributed by atoms with E-state index in [1.54, 1.807) is 0 Å². The number of rotatable bonds is 3. The molecule has 16 heavy (non-hydrogen) atoms. The van der Waals surface area contributed by atoms with Crippen molar-refractivity contribution in [2.24, 2.45) is 5.73 Å². The quantitative estimate of drug-likeness (QED) is 0.906. The topological polar surface area (TPSA) is 29.3 Å². The van der Waals surface area contributed by atoms with Crippen LogP contribution in [0.25, 0.3) is 0 Å². The van der Waals surface area contributed by atoms with E-state index in [0.29, 0.717) is 6.04 Å². The van der Waals surface area contributed by atoms with Gasteiger partial charge in [-0.25, -0.2) is 0 Å². The lowest BCUT2D eigenvalue weighted by Crippen LogP contribution is -2.34. The van der Waals surface area contributed by atoms with Gasteiger partial charge >= 0.3 is 0 Å². The highest BCUT2D eigenvalue weighted by Gasteiger charge is 2.22. The average molecular weight is 261 g/mol. The predicted octanol–water partition coefficient (Wildman–Crippen LogP) is 2.68. The third-order valence-electron chi connectivity index (χ3n) is 3.05. The fourth-order valence-electron chi connectivity index (χ4n) is 2.24. The van der Waals surface area contributed by atoms with Crippen LogP contribution in [0.3, 0.4) is 0 Å². The summed E-state index contributed by atoms with van der Waals surface area (Å²) in [6, 6.07) is 8.63. The molecule has 1 saturated heterocycles. The fourth-order valence-corrected chi connectivity index (χ4v) is 2.45. The normalized spacial score (nSPS) is 20.8. The third-order valence-corrected chi connectivity index (χ3v) is 3.28. The smallest absolute Gasteiger partial charge is 0.0409 e. The number of hydrogen-bond acceptors (Lipinski definition) is 2. The van der Waals surface area contributed by atoms with E-state index in [9.17, 15) is 0 Å². The zero-order valence-electron chi connectivity index (χ0n) is 9.23. The van der Waals surface area contributed by atoms with Gasteiger partial charge in [0.15, 0.2) is 0 Å². The molecule has 1 heterocycles. The van der Waals surface area contributed by atoms with Gasteiger partial charge in [0, 0.05) is 24.2 Å². The summed E-state index contributed by atoms with van der Waals surface area (Å²) < 4.78 is 0. The molecule has 2 rings (SSSR count). The van der Waals surface area contributed by atoms with Crippen molar-refractivity contribution in [1.82, 2.24) is 4.90 Å². The maximum atomic E-state index is 5.96. The molecule has 0 saturated carbocycles. The van der Waals surface area contributed by atoms with Crippen LogP contribution in [0.15, 0.2) is 24.3 Å². The van der Waals surface area contributed by atoms with E-state index in [1.165, 1.54) is 18.4 Å². The Morgan fingerprint density at radius 1 is 1.44 bits per heavy atom. The van der Waals surface area contributed by atoms with Gasteiger partial charge in [-0.15, -0.1) is 12.4 Å². The number of nitrogens with two attached hydrogens (primary N) is 1. The van der Waals surface area contributed by atoms with Gasteiger partial charge in [0.1, 0.15) is 0 Å². The molecule has 1 aliphatic rings. The lowest BCUT2D eigenvalue weighted by atomic mass is 10.2. The van der Waals surface area contributed by atoms with E-state index in [-0.39, 0.29) is 12.4 Å². The molecule has 1 aromatic rings. The van der Waals surface area contributed by atoms with Crippen LogP contribution in [0.5, 0.6) is 0 Å². The molecular weight excluding hydrogens is 243 g/mol. The molecule has 0 bridgehead atoms. The first kappa shape index (κ1) is 13.8. The Morgan fingerprint density at radius 3 is 2.94 bits per heavy atom. The Hall–Kier alpha value is -0.280. The van der Waals surface area contributed by atoms with Crippen LogP contribution >= 0.6 is 24.0 Å². The van der Waals surface area contributed by atoms with E-state index < -0.39 is 0 Å². The summed E-state index contributed by atoms with van der Waals surface area (Å²) in [7, 11) is 0. The van der Waals surface area contributed by atoms with Crippen molar-refractivity contribution in [2.45, 2.75) is 25.4 Å². The van der Waals surface area contributed by atoms with Gasteiger partial charge in [0.05, 0.1) is 0 Å². The lowest BCUT2D eigenvalue weighted by Gasteiger charge is -2.23. The second kappa shape index (κ2) is 6.45.